The van der Waals surface area contributed by atoms with Crippen molar-refractivity contribution in [1.29, 1.82) is 0 Å². The number of hydrogen-bond acceptors (Lipinski definition) is 5. The van der Waals surface area contributed by atoms with Crippen molar-refractivity contribution in [2.45, 2.75) is 24.8 Å². The summed E-state index contributed by atoms with van der Waals surface area (Å²) in [4.78, 5) is 9.16. The van der Waals surface area contributed by atoms with Crippen LogP contribution in [0.15, 0.2) is 11.2 Å². The van der Waals surface area contributed by atoms with Crippen molar-refractivity contribution in [1.82, 2.24) is 19.6 Å². The molecular formula is C13H24N4O3S. The Kier molecular flexibility index (Phi) is 5.74. The highest BCUT2D eigenvalue weighted by Gasteiger charge is 2.24. The van der Waals surface area contributed by atoms with Crippen LogP contribution in [0.25, 0.3) is 0 Å². The molecule has 0 saturated carbocycles. The van der Waals surface area contributed by atoms with Crippen LogP contribution in [-0.2, 0) is 21.2 Å². The molecule has 1 atom stereocenters. The number of sulfonamides is 1. The largest absolute Gasteiger partial charge is 0.383 e. The van der Waals surface area contributed by atoms with Crippen molar-refractivity contribution < 1.29 is 13.2 Å². The molecule has 0 unspecified atom stereocenters. The fourth-order valence-corrected chi connectivity index (χ4v) is 3.52. The molecule has 1 aromatic rings. The van der Waals surface area contributed by atoms with Crippen LogP contribution in [0.5, 0.6) is 0 Å². The third-order valence-electron chi connectivity index (χ3n) is 3.77. The lowest BCUT2D eigenvalue weighted by atomic mass is 10.1. The lowest BCUT2D eigenvalue weighted by molar-refractivity contribution is 0.159. The zero-order chi connectivity index (χ0) is 15.3. The van der Waals surface area contributed by atoms with Gasteiger partial charge >= 0.3 is 0 Å². The van der Waals surface area contributed by atoms with Gasteiger partial charge in [-0.1, -0.05) is 6.92 Å². The summed E-state index contributed by atoms with van der Waals surface area (Å²) in [5, 5.41) is 0.147. The topological polar surface area (TPSA) is 87.3 Å². The van der Waals surface area contributed by atoms with E-state index in [4.69, 9.17) is 4.74 Å². The molecular weight excluding hydrogens is 292 g/mol. The molecule has 1 saturated heterocycles. The Hall–Kier alpha value is -0.960. The minimum atomic E-state index is -3.48. The van der Waals surface area contributed by atoms with Crippen molar-refractivity contribution >= 4 is 10.0 Å². The van der Waals surface area contributed by atoms with Crippen LogP contribution < -0.4 is 4.72 Å². The monoisotopic (exact) mass is 316 g/mol. The summed E-state index contributed by atoms with van der Waals surface area (Å²) >= 11 is 0. The fraction of sp³-hybridized carbons (Fsp3) is 0.769. The minimum absolute atomic E-state index is 0.147. The maximum Gasteiger partial charge on any atom is 0.257 e. The maximum absolute atomic E-state index is 12.2. The molecule has 0 radical (unpaired) electrons. The van der Waals surface area contributed by atoms with E-state index in [1.807, 2.05) is 6.92 Å². The SMILES string of the molecule is CCc1ncc(S(=O)(=O)NC[C@H]2CCN(CCOC)C2)[nH]1. The smallest absolute Gasteiger partial charge is 0.257 e. The number of imidazole rings is 1. The number of aromatic nitrogens is 2. The molecule has 21 heavy (non-hydrogen) atoms. The molecule has 2 heterocycles. The van der Waals surface area contributed by atoms with Crippen molar-refractivity contribution in [3.63, 3.8) is 0 Å². The van der Waals surface area contributed by atoms with E-state index >= 15 is 0 Å². The second-order valence-electron chi connectivity index (χ2n) is 5.35. The number of hydrogen-bond donors (Lipinski definition) is 2. The van der Waals surface area contributed by atoms with Gasteiger partial charge in [0.25, 0.3) is 10.0 Å². The molecule has 8 heteroatoms. The number of aryl methyl sites for hydroxylation is 1. The molecule has 1 aliphatic heterocycles. The first-order valence-electron chi connectivity index (χ1n) is 7.30. The highest BCUT2D eigenvalue weighted by molar-refractivity contribution is 7.89. The van der Waals surface area contributed by atoms with Gasteiger partial charge in [-0.25, -0.2) is 18.1 Å². The Morgan fingerprint density at radius 3 is 3.05 bits per heavy atom. The number of H-pyrrole nitrogens is 1. The average Bonchev–Trinajstić information content (AvgIpc) is 3.12. The second-order valence-corrected chi connectivity index (χ2v) is 7.08. The van der Waals surface area contributed by atoms with Crippen LogP contribution in [-0.4, -0.2) is 63.2 Å². The van der Waals surface area contributed by atoms with Crippen LogP contribution >= 0.6 is 0 Å². The van der Waals surface area contributed by atoms with Gasteiger partial charge in [-0.2, -0.15) is 0 Å². The van der Waals surface area contributed by atoms with E-state index in [9.17, 15) is 8.42 Å². The average molecular weight is 316 g/mol. The Bertz CT molecular complexity index is 543. The van der Waals surface area contributed by atoms with Crippen LogP contribution in [0.1, 0.15) is 19.2 Å². The van der Waals surface area contributed by atoms with E-state index in [0.29, 0.717) is 31.3 Å². The molecule has 0 aromatic carbocycles. The molecule has 0 aliphatic carbocycles. The van der Waals surface area contributed by atoms with E-state index in [0.717, 1.165) is 26.1 Å². The molecule has 0 bridgehead atoms. The number of nitrogens with one attached hydrogen (secondary N) is 2. The Labute approximate surface area is 126 Å². The van der Waals surface area contributed by atoms with Crippen LogP contribution in [0, 0.1) is 5.92 Å². The second kappa shape index (κ2) is 7.35. The first-order valence-corrected chi connectivity index (χ1v) is 8.78. The lowest BCUT2D eigenvalue weighted by Gasteiger charge is -2.15. The van der Waals surface area contributed by atoms with Crippen LogP contribution in [0.3, 0.4) is 0 Å². The third kappa shape index (κ3) is 4.50. The summed E-state index contributed by atoms with van der Waals surface area (Å²) in [6.45, 7) is 5.92. The molecule has 0 spiro atoms. The minimum Gasteiger partial charge on any atom is -0.383 e. The number of likely N-dealkylation sites (tertiary alicyclic amines) is 1. The number of ether oxygens (including phenoxy) is 1. The Balaban J connectivity index is 1.82. The van der Waals surface area contributed by atoms with E-state index in [1.165, 1.54) is 6.20 Å². The summed E-state index contributed by atoms with van der Waals surface area (Å²) in [6, 6.07) is 0. The van der Waals surface area contributed by atoms with Gasteiger partial charge in [0.1, 0.15) is 5.82 Å². The van der Waals surface area contributed by atoms with Crippen molar-refractivity contribution in [3.05, 3.63) is 12.0 Å². The van der Waals surface area contributed by atoms with Gasteiger partial charge < -0.3 is 14.6 Å². The van der Waals surface area contributed by atoms with Gasteiger partial charge in [-0.3, -0.25) is 0 Å². The van der Waals surface area contributed by atoms with E-state index in [-0.39, 0.29) is 5.03 Å². The summed E-state index contributed by atoms with van der Waals surface area (Å²) in [5.41, 5.74) is 0. The number of rotatable bonds is 8. The van der Waals surface area contributed by atoms with E-state index < -0.39 is 10.0 Å². The van der Waals surface area contributed by atoms with E-state index in [2.05, 4.69) is 19.6 Å². The maximum atomic E-state index is 12.2. The van der Waals surface area contributed by atoms with Crippen molar-refractivity contribution in [2.75, 3.05) is 39.9 Å². The molecule has 1 aliphatic rings. The van der Waals surface area contributed by atoms with Gasteiger partial charge in [0.2, 0.25) is 0 Å². The molecule has 2 rings (SSSR count). The molecule has 1 fully saturated rings. The first kappa shape index (κ1) is 16.4. The highest BCUT2D eigenvalue weighted by Crippen LogP contribution is 2.16. The highest BCUT2D eigenvalue weighted by atomic mass is 32.2. The summed E-state index contributed by atoms with van der Waals surface area (Å²) in [5.74, 6) is 1.03. The zero-order valence-corrected chi connectivity index (χ0v) is 13.4. The van der Waals surface area contributed by atoms with Gasteiger partial charge in [0.05, 0.1) is 12.8 Å². The number of methoxy groups -OCH3 is 1. The standard InChI is InChI=1S/C13H24N4O3S/c1-3-12-14-9-13(16-12)21(18,19)15-8-11-4-5-17(10-11)6-7-20-2/h9,11,15H,3-8,10H2,1-2H3,(H,14,16)/t11-/m1/s1. The van der Waals surface area contributed by atoms with Gasteiger partial charge in [-0.05, 0) is 18.9 Å². The predicted octanol–water partition coefficient (Wildman–Crippen LogP) is 0.219. The normalized spacial score (nSPS) is 20.2. The predicted molar refractivity (Wildman–Crippen MR) is 79.6 cm³/mol. The van der Waals surface area contributed by atoms with Crippen molar-refractivity contribution in [3.8, 4) is 0 Å². The fourth-order valence-electron chi connectivity index (χ4n) is 2.47. The molecule has 0 amide bonds. The Morgan fingerprint density at radius 2 is 2.38 bits per heavy atom. The van der Waals surface area contributed by atoms with Crippen LogP contribution in [0.4, 0.5) is 0 Å². The van der Waals surface area contributed by atoms with Gasteiger partial charge in [0, 0.05) is 33.2 Å². The first-order chi connectivity index (χ1) is 10.0. The third-order valence-corrected chi connectivity index (χ3v) is 5.11. The Morgan fingerprint density at radius 1 is 1.57 bits per heavy atom. The van der Waals surface area contributed by atoms with Gasteiger partial charge in [0.15, 0.2) is 5.03 Å². The molecule has 2 N–H and O–H groups in total. The molecule has 1 aromatic heterocycles. The van der Waals surface area contributed by atoms with E-state index in [1.54, 1.807) is 7.11 Å². The zero-order valence-electron chi connectivity index (χ0n) is 12.6. The lowest BCUT2D eigenvalue weighted by Crippen LogP contribution is -2.32. The van der Waals surface area contributed by atoms with Gasteiger partial charge in [-0.15, -0.1) is 0 Å². The summed E-state index contributed by atoms with van der Waals surface area (Å²) in [7, 11) is -1.79. The summed E-state index contributed by atoms with van der Waals surface area (Å²) < 4.78 is 32.0. The van der Waals surface area contributed by atoms with Crippen LogP contribution in [0.2, 0.25) is 0 Å². The molecule has 7 nitrogen and oxygen atoms in total. The molecule has 120 valence electrons. The quantitative estimate of drug-likeness (QED) is 0.716. The number of nitrogens with zero attached hydrogens (tertiary/aromatic N) is 2. The summed E-state index contributed by atoms with van der Waals surface area (Å²) in [6.07, 6.45) is 3.07. The number of aromatic amines is 1. The van der Waals surface area contributed by atoms with Crippen molar-refractivity contribution in [2.24, 2.45) is 5.92 Å².